The lowest BCUT2D eigenvalue weighted by Gasteiger charge is -2.11. The Morgan fingerprint density at radius 2 is 2.05 bits per heavy atom. The lowest BCUT2D eigenvalue weighted by Crippen LogP contribution is -2.08. The zero-order chi connectivity index (χ0) is 14.1. The van der Waals surface area contributed by atoms with Crippen molar-refractivity contribution in [2.45, 2.75) is 25.2 Å². The number of nitrogens with one attached hydrogen (secondary N) is 1. The van der Waals surface area contributed by atoms with Gasteiger partial charge in [0.15, 0.2) is 0 Å². The maximum atomic E-state index is 13.7. The van der Waals surface area contributed by atoms with Gasteiger partial charge in [-0.2, -0.15) is 0 Å². The topological polar surface area (TPSA) is 37.8 Å². The lowest BCUT2D eigenvalue weighted by molar-refractivity contribution is 0.612. The number of aromatic nitrogens is 2. The molecular weight excluding hydrogens is 368 g/mol. The highest BCUT2D eigenvalue weighted by Gasteiger charge is 2.29. The molecule has 0 amide bonds. The highest BCUT2D eigenvalue weighted by atomic mass is 127. The highest BCUT2D eigenvalue weighted by Crippen LogP contribution is 2.42. The fourth-order valence-corrected chi connectivity index (χ4v) is 3.15. The molecule has 1 aromatic heterocycles. The van der Waals surface area contributed by atoms with Gasteiger partial charge >= 0.3 is 0 Å². The number of benzene rings is 1. The van der Waals surface area contributed by atoms with Crippen LogP contribution < -0.4 is 5.32 Å². The van der Waals surface area contributed by atoms with Crippen molar-refractivity contribution in [3.63, 3.8) is 0 Å². The first-order chi connectivity index (χ1) is 9.69. The second-order valence-electron chi connectivity index (χ2n) is 4.98. The molecule has 3 nitrogen and oxygen atoms in total. The average molecular weight is 383 g/mol. The molecule has 1 aliphatic carbocycles. The maximum absolute atomic E-state index is 13.7. The summed E-state index contributed by atoms with van der Waals surface area (Å²) in [6.45, 7) is 0. The van der Waals surface area contributed by atoms with Gasteiger partial charge in [-0.25, -0.2) is 14.4 Å². The van der Waals surface area contributed by atoms with Crippen molar-refractivity contribution in [1.82, 2.24) is 9.97 Å². The Bertz CT molecular complexity index is 641. The summed E-state index contributed by atoms with van der Waals surface area (Å²) in [6, 6.07) is 6.80. The van der Waals surface area contributed by atoms with Crippen molar-refractivity contribution in [2.75, 3.05) is 12.4 Å². The van der Waals surface area contributed by atoms with Crippen molar-refractivity contribution in [3.8, 4) is 0 Å². The average Bonchev–Trinajstić information content (AvgIpc) is 3.27. The van der Waals surface area contributed by atoms with E-state index in [1.54, 1.807) is 12.1 Å². The fourth-order valence-electron chi connectivity index (χ4n) is 2.20. The van der Waals surface area contributed by atoms with E-state index in [-0.39, 0.29) is 5.82 Å². The molecule has 3 rings (SSSR count). The Morgan fingerprint density at radius 3 is 2.70 bits per heavy atom. The first kappa shape index (κ1) is 13.7. The van der Waals surface area contributed by atoms with E-state index in [0.29, 0.717) is 23.7 Å². The summed E-state index contributed by atoms with van der Waals surface area (Å²) in [5.41, 5.74) is 1.74. The van der Waals surface area contributed by atoms with Crippen LogP contribution in [0.5, 0.6) is 0 Å². The first-order valence-electron chi connectivity index (χ1n) is 6.66. The van der Waals surface area contributed by atoms with Gasteiger partial charge in [-0.15, -0.1) is 0 Å². The van der Waals surface area contributed by atoms with Gasteiger partial charge in [0.1, 0.15) is 17.5 Å². The third kappa shape index (κ3) is 2.77. The van der Waals surface area contributed by atoms with Gasteiger partial charge in [-0.3, -0.25) is 0 Å². The fraction of sp³-hybridized carbons (Fsp3) is 0.333. The standard InChI is InChI=1S/C15H15FIN3/c1-18-15-13(17)14(9-6-7-9)19-12(20-15)8-10-4-2-3-5-11(10)16/h2-5,9H,6-8H2,1H3,(H,18,19,20). The van der Waals surface area contributed by atoms with Gasteiger partial charge in [0, 0.05) is 19.4 Å². The third-order valence-corrected chi connectivity index (χ3v) is 4.49. The second-order valence-corrected chi connectivity index (χ2v) is 6.06. The lowest BCUT2D eigenvalue weighted by atomic mass is 10.1. The molecule has 0 spiro atoms. The Morgan fingerprint density at radius 1 is 1.30 bits per heavy atom. The van der Waals surface area contributed by atoms with Gasteiger partial charge in [0.05, 0.1) is 9.26 Å². The van der Waals surface area contributed by atoms with Crippen molar-refractivity contribution in [1.29, 1.82) is 0 Å². The Kier molecular flexibility index (Phi) is 3.87. The summed E-state index contributed by atoms with van der Waals surface area (Å²) in [5.74, 6) is 1.88. The van der Waals surface area contributed by atoms with Crippen molar-refractivity contribution >= 4 is 28.4 Å². The van der Waals surface area contributed by atoms with Crippen molar-refractivity contribution < 1.29 is 4.39 Å². The van der Waals surface area contributed by atoms with Gasteiger partial charge in [-0.05, 0) is 47.1 Å². The van der Waals surface area contributed by atoms with Gasteiger partial charge < -0.3 is 5.32 Å². The normalized spacial score (nSPS) is 14.3. The van der Waals surface area contributed by atoms with Crippen LogP contribution in [0.2, 0.25) is 0 Å². The van der Waals surface area contributed by atoms with E-state index >= 15 is 0 Å². The first-order valence-corrected chi connectivity index (χ1v) is 7.74. The number of nitrogens with zero attached hydrogens (tertiary/aromatic N) is 2. The van der Waals surface area contributed by atoms with Crippen LogP contribution in [0, 0.1) is 9.39 Å². The molecule has 104 valence electrons. The van der Waals surface area contributed by atoms with Crippen LogP contribution in [0.15, 0.2) is 24.3 Å². The Hall–Kier alpha value is -1.24. The minimum absolute atomic E-state index is 0.200. The molecule has 1 N–H and O–H groups in total. The zero-order valence-corrected chi connectivity index (χ0v) is 13.3. The molecule has 0 bridgehead atoms. The molecular formula is C15H15FIN3. The summed E-state index contributed by atoms with van der Waals surface area (Å²) in [6.07, 6.45) is 2.81. The number of hydrogen-bond acceptors (Lipinski definition) is 3. The molecule has 1 aromatic carbocycles. The van der Waals surface area contributed by atoms with Crippen molar-refractivity contribution in [3.05, 3.63) is 50.7 Å². The maximum Gasteiger partial charge on any atom is 0.143 e. The monoisotopic (exact) mass is 383 g/mol. The number of rotatable bonds is 4. The van der Waals surface area contributed by atoms with E-state index in [0.717, 1.165) is 15.1 Å². The van der Waals surface area contributed by atoms with E-state index < -0.39 is 0 Å². The van der Waals surface area contributed by atoms with Crippen LogP contribution in [0.3, 0.4) is 0 Å². The minimum atomic E-state index is -0.200. The number of anilines is 1. The minimum Gasteiger partial charge on any atom is -0.372 e. The smallest absolute Gasteiger partial charge is 0.143 e. The molecule has 0 aliphatic heterocycles. The van der Waals surface area contributed by atoms with Gasteiger partial charge in [0.2, 0.25) is 0 Å². The number of hydrogen-bond donors (Lipinski definition) is 1. The van der Waals surface area contributed by atoms with Crippen LogP contribution in [0.25, 0.3) is 0 Å². The third-order valence-electron chi connectivity index (χ3n) is 3.43. The van der Waals surface area contributed by atoms with E-state index in [9.17, 15) is 4.39 Å². The quantitative estimate of drug-likeness (QED) is 0.818. The Balaban J connectivity index is 1.97. The molecule has 0 saturated heterocycles. The van der Waals surface area contributed by atoms with Gasteiger partial charge in [0.25, 0.3) is 0 Å². The largest absolute Gasteiger partial charge is 0.372 e. The summed E-state index contributed by atoms with van der Waals surface area (Å²) in [5, 5.41) is 3.11. The van der Waals surface area contributed by atoms with Gasteiger partial charge in [-0.1, -0.05) is 18.2 Å². The molecule has 0 atom stereocenters. The predicted molar refractivity (Wildman–Crippen MR) is 85.5 cm³/mol. The second kappa shape index (κ2) is 5.63. The van der Waals surface area contributed by atoms with Crippen LogP contribution in [-0.2, 0) is 6.42 Å². The number of halogens is 2. The Labute approximate surface area is 131 Å². The molecule has 1 heterocycles. The summed E-state index contributed by atoms with van der Waals surface area (Å²) < 4.78 is 14.8. The molecule has 1 fully saturated rings. The van der Waals surface area contributed by atoms with E-state index in [1.807, 2.05) is 13.1 Å². The van der Waals surface area contributed by atoms with Crippen LogP contribution in [0.4, 0.5) is 10.2 Å². The highest BCUT2D eigenvalue weighted by molar-refractivity contribution is 14.1. The molecule has 1 aliphatic rings. The summed E-state index contributed by atoms with van der Waals surface area (Å²) >= 11 is 2.29. The molecule has 2 aromatic rings. The van der Waals surface area contributed by atoms with Crippen LogP contribution >= 0.6 is 22.6 Å². The molecule has 20 heavy (non-hydrogen) atoms. The van der Waals surface area contributed by atoms with E-state index in [1.165, 1.54) is 18.9 Å². The SMILES string of the molecule is CNc1nc(Cc2ccccc2F)nc(C2CC2)c1I. The van der Waals surface area contributed by atoms with E-state index in [2.05, 4.69) is 37.9 Å². The molecule has 0 radical (unpaired) electrons. The molecule has 1 saturated carbocycles. The summed E-state index contributed by atoms with van der Waals surface area (Å²) in [7, 11) is 1.86. The molecule has 5 heteroatoms. The van der Waals surface area contributed by atoms with E-state index in [4.69, 9.17) is 0 Å². The van der Waals surface area contributed by atoms with Crippen molar-refractivity contribution in [2.24, 2.45) is 0 Å². The zero-order valence-electron chi connectivity index (χ0n) is 11.2. The summed E-state index contributed by atoms with van der Waals surface area (Å²) in [4.78, 5) is 9.16. The molecule has 0 unspecified atom stereocenters. The van der Waals surface area contributed by atoms with Crippen LogP contribution in [-0.4, -0.2) is 17.0 Å². The predicted octanol–water partition coefficient (Wildman–Crippen LogP) is 3.73. The van der Waals surface area contributed by atoms with Crippen LogP contribution in [0.1, 0.15) is 35.8 Å².